The summed E-state index contributed by atoms with van der Waals surface area (Å²) in [4.78, 5) is 0. The van der Waals surface area contributed by atoms with Crippen LogP contribution in [0.15, 0.2) is 194 Å². The molecule has 2 aliphatic rings. The SMILES string of the molecule is c1ccc(-c2cc3c(c(-c4c5c(cc(-c6ccccc6)c4P(c4ccccc4)c4ccccc4)OCO5)c2P(c2ccccc2)c2ccccc2)OCO3)cc1. The Morgan fingerprint density at radius 2 is 0.607 bits per heavy atom. The fourth-order valence-corrected chi connectivity index (χ4v) is 13.0. The van der Waals surface area contributed by atoms with Gasteiger partial charge in [0.25, 0.3) is 0 Å². The Morgan fingerprint density at radius 3 is 0.911 bits per heavy atom. The third-order valence-electron chi connectivity index (χ3n) is 10.2. The van der Waals surface area contributed by atoms with Gasteiger partial charge in [-0.15, -0.1) is 0 Å². The van der Waals surface area contributed by atoms with Gasteiger partial charge in [0.2, 0.25) is 13.6 Å². The molecule has 56 heavy (non-hydrogen) atoms. The Hall–Kier alpha value is -6.18. The van der Waals surface area contributed by atoms with Crippen LogP contribution in [-0.2, 0) is 0 Å². The molecule has 10 rings (SSSR count). The Labute approximate surface area is 329 Å². The van der Waals surface area contributed by atoms with Crippen LogP contribution < -0.4 is 50.8 Å². The molecule has 0 aromatic heterocycles. The van der Waals surface area contributed by atoms with Gasteiger partial charge in [0.15, 0.2) is 23.0 Å². The van der Waals surface area contributed by atoms with Gasteiger partial charge in [-0.05, 0) is 71.4 Å². The molecule has 4 nitrogen and oxygen atoms in total. The minimum Gasteiger partial charge on any atom is -0.454 e. The van der Waals surface area contributed by atoms with E-state index < -0.39 is 15.8 Å². The summed E-state index contributed by atoms with van der Waals surface area (Å²) in [6.45, 7) is 0.238. The number of rotatable bonds is 9. The minimum atomic E-state index is -1.18. The summed E-state index contributed by atoms with van der Waals surface area (Å²) < 4.78 is 26.2. The molecule has 0 N–H and O–H groups in total. The fraction of sp³-hybridized carbons (Fsp3) is 0.0400. The van der Waals surface area contributed by atoms with Crippen LogP contribution in [-0.4, -0.2) is 13.6 Å². The van der Waals surface area contributed by atoms with E-state index in [2.05, 4.69) is 194 Å². The molecule has 8 aromatic rings. The van der Waals surface area contributed by atoms with Gasteiger partial charge in [-0.3, -0.25) is 0 Å². The van der Waals surface area contributed by atoms with Gasteiger partial charge < -0.3 is 18.9 Å². The predicted molar refractivity (Wildman–Crippen MR) is 232 cm³/mol. The summed E-state index contributed by atoms with van der Waals surface area (Å²) in [5, 5.41) is 7.27. The average molecular weight is 763 g/mol. The lowest BCUT2D eigenvalue weighted by Gasteiger charge is -2.31. The van der Waals surface area contributed by atoms with Crippen molar-refractivity contribution in [3.05, 3.63) is 194 Å². The maximum atomic E-state index is 6.69. The Kier molecular flexibility index (Phi) is 9.29. The normalized spacial score (nSPS) is 12.7. The topological polar surface area (TPSA) is 36.9 Å². The van der Waals surface area contributed by atoms with Crippen molar-refractivity contribution in [2.24, 2.45) is 0 Å². The second-order valence-electron chi connectivity index (χ2n) is 13.5. The van der Waals surface area contributed by atoms with Crippen LogP contribution in [0.1, 0.15) is 0 Å². The van der Waals surface area contributed by atoms with Gasteiger partial charge in [-0.25, -0.2) is 0 Å². The molecule has 0 aliphatic carbocycles. The monoisotopic (exact) mass is 762 g/mol. The van der Waals surface area contributed by atoms with Crippen LogP contribution in [0.3, 0.4) is 0 Å². The average Bonchev–Trinajstić information content (AvgIpc) is 3.96. The van der Waals surface area contributed by atoms with Crippen molar-refractivity contribution in [2.45, 2.75) is 0 Å². The van der Waals surface area contributed by atoms with E-state index in [0.717, 1.165) is 44.9 Å². The molecule has 0 saturated carbocycles. The molecule has 6 heteroatoms. The summed E-state index contributed by atoms with van der Waals surface area (Å²) in [7, 11) is -2.35. The van der Waals surface area contributed by atoms with E-state index in [9.17, 15) is 0 Å². The smallest absolute Gasteiger partial charge is 0.231 e. The van der Waals surface area contributed by atoms with E-state index >= 15 is 0 Å². The number of hydrogen-bond donors (Lipinski definition) is 0. The lowest BCUT2D eigenvalue weighted by Crippen LogP contribution is -2.28. The number of benzene rings is 8. The van der Waals surface area contributed by atoms with Crippen LogP contribution in [0.4, 0.5) is 0 Å². The van der Waals surface area contributed by atoms with E-state index in [4.69, 9.17) is 18.9 Å². The highest BCUT2D eigenvalue weighted by molar-refractivity contribution is 7.81. The molecule has 0 amide bonds. The quantitative estimate of drug-likeness (QED) is 0.137. The summed E-state index contributed by atoms with van der Waals surface area (Å²) in [6.07, 6.45) is 0. The first kappa shape index (κ1) is 34.3. The molecule has 0 spiro atoms. The van der Waals surface area contributed by atoms with Crippen LogP contribution in [0.2, 0.25) is 0 Å². The number of fused-ring (bicyclic) bond motifs is 2. The lowest BCUT2D eigenvalue weighted by atomic mass is 9.93. The minimum absolute atomic E-state index is 0.119. The van der Waals surface area contributed by atoms with Gasteiger partial charge in [-0.1, -0.05) is 182 Å². The highest BCUT2D eigenvalue weighted by Crippen LogP contribution is 2.57. The van der Waals surface area contributed by atoms with Gasteiger partial charge in [0.1, 0.15) is 0 Å². The zero-order valence-electron chi connectivity index (χ0n) is 30.4. The van der Waals surface area contributed by atoms with Crippen molar-refractivity contribution in [3.63, 3.8) is 0 Å². The zero-order valence-corrected chi connectivity index (χ0v) is 32.2. The van der Waals surface area contributed by atoms with Gasteiger partial charge >= 0.3 is 0 Å². The van der Waals surface area contributed by atoms with Gasteiger partial charge in [-0.2, -0.15) is 0 Å². The van der Waals surface area contributed by atoms with Crippen LogP contribution >= 0.6 is 15.8 Å². The van der Waals surface area contributed by atoms with Crippen molar-refractivity contribution in [1.82, 2.24) is 0 Å². The summed E-state index contributed by atoms with van der Waals surface area (Å²) in [6, 6.07) is 69.3. The summed E-state index contributed by atoms with van der Waals surface area (Å²) in [5.74, 6) is 2.87. The summed E-state index contributed by atoms with van der Waals surface area (Å²) in [5.41, 5.74) is 6.35. The second kappa shape index (κ2) is 15.2. The molecule has 2 aliphatic heterocycles. The molecule has 0 saturated heterocycles. The van der Waals surface area contributed by atoms with Gasteiger partial charge in [0, 0.05) is 21.7 Å². The van der Waals surface area contributed by atoms with E-state index in [-0.39, 0.29) is 13.6 Å². The largest absolute Gasteiger partial charge is 0.454 e. The van der Waals surface area contributed by atoms with Crippen molar-refractivity contribution >= 4 is 47.7 Å². The Morgan fingerprint density at radius 1 is 0.321 bits per heavy atom. The van der Waals surface area contributed by atoms with Crippen LogP contribution in [0, 0.1) is 0 Å². The third-order valence-corrected chi connectivity index (χ3v) is 15.3. The van der Waals surface area contributed by atoms with Crippen molar-refractivity contribution in [2.75, 3.05) is 13.6 Å². The summed E-state index contributed by atoms with van der Waals surface area (Å²) >= 11 is 0. The van der Waals surface area contributed by atoms with Crippen molar-refractivity contribution in [3.8, 4) is 56.4 Å². The van der Waals surface area contributed by atoms with E-state index in [1.165, 1.54) is 31.8 Å². The van der Waals surface area contributed by atoms with Crippen molar-refractivity contribution < 1.29 is 18.9 Å². The molecule has 0 atom stereocenters. The number of ether oxygens (including phenoxy) is 4. The Bertz CT molecular complexity index is 2360. The highest BCUT2D eigenvalue weighted by Gasteiger charge is 2.39. The predicted octanol–water partition coefficient (Wildman–Crippen LogP) is 9.66. The van der Waals surface area contributed by atoms with Gasteiger partial charge in [0.05, 0.1) is 0 Å². The molecule has 8 aromatic carbocycles. The van der Waals surface area contributed by atoms with Crippen LogP contribution in [0.25, 0.3) is 33.4 Å². The van der Waals surface area contributed by atoms with Crippen LogP contribution in [0.5, 0.6) is 23.0 Å². The third kappa shape index (κ3) is 6.22. The highest BCUT2D eigenvalue weighted by atomic mass is 31.1. The first-order valence-corrected chi connectivity index (χ1v) is 21.4. The standard InChI is InChI=1S/C50H36O4P2/c1-7-19-35(20-8-1)41-31-43-47(53-33-51-43)45(49(41)55(37-23-11-3-12-24-37)38-25-13-4-14-26-38)46-48-44(52-34-54-48)32-42(36-21-9-2-10-22-36)50(46)56(39-27-15-5-16-28-39)40-29-17-6-18-30-40/h1-32H,33-34H2. The maximum Gasteiger partial charge on any atom is 0.231 e. The molecular weight excluding hydrogens is 726 g/mol. The zero-order chi connectivity index (χ0) is 37.3. The maximum absolute atomic E-state index is 6.69. The second-order valence-corrected chi connectivity index (χ2v) is 17.8. The molecule has 0 fully saturated rings. The number of hydrogen-bond acceptors (Lipinski definition) is 4. The Balaban J connectivity index is 1.43. The molecular formula is C50H36O4P2. The first-order valence-electron chi connectivity index (χ1n) is 18.7. The van der Waals surface area contributed by atoms with E-state index in [1.54, 1.807) is 0 Å². The van der Waals surface area contributed by atoms with E-state index in [1.807, 2.05) is 0 Å². The molecule has 0 radical (unpaired) electrons. The molecule has 270 valence electrons. The lowest BCUT2D eigenvalue weighted by molar-refractivity contribution is 0.173. The molecule has 0 bridgehead atoms. The molecule has 0 unspecified atom stereocenters. The molecule has 2 heterocycles. The fourth-order valence-electron chi connectivity index (χ4n) is 7.79. The first-order chi connectivity index (χ1) is 27.8. The van der Waals surface area contributed by atoms with Crippen molar-refractivity contribution in [1.29, 1.82) is 0 Å². The van der Waals surface area contributed by atoms with E-state index in [0.29, 0.717) is 11.5 Å².